The van der Waals surface area contributed by atoms with Crippen LogP contribution in [0.15, 0.2) is 10.6 Å². The number of aromatic nitrogens is 1. The minimum atomic E-state index is 0.324. The van der Waals surface area contributed by atoms with Crippen molar-refractivity contribution in [3.63, 3.8) is 0 Å². The zero-order chi connectivity index (χ0) is 14.0. The summed E-state index contributed by atoms with van der Waals surface area (Å²) in [5, 5.41) is 7.78. The Balaban J connectivity index is 1.90. The van der Waals surface area contributed by atoms with Crippen molar-refractivity contribution < 1.29 is 9.26 Å². The van der Waals surface area contributed by atoms with Crippen molar-refractivity contribution in [2.45, 2.75) is 59.2 Å². The Morgan fingerprint density at radius 2 is 2.26 bits per heavy atom. The van der Waals surface area contributed by atoms with Crippen molar-refractivity contribution in [2.24, 2.45) is 11.3 Å². The van der Waals surface area contributed by atoms with E-state index in [1.807, 2.05) is 6.07 Å². The lowest BCUT2D eigenvalue weighted by Crippen LogP contribution is -2.58. The molecule has 2 rings (SSSR count). The first-order valence-corrected chi connectivity index (χ1v) is 7.13. The van der Waals surface area contributed by atoms with Gasteiger partial charge in [0.15, 0.2) is 5.76 Å². The van der Waals surface area contributed by atoms with Gasteiger partial charge in [-0.15, -0.1) is 0 Å². The monoisotopic (exact) mass is 266 g/mol. The lowest BCUT2D eigenvalue weighted by molar-refractivity contribution is 0.00899. The molecule has 1 aromatic heterocycles. The molecule has 1 fully saturated rings. The quantitative estimate of drug-likeness (QED) is 0.860. The summed E-state index contributed by atoms with van der Waals surface area (Å²) in [6, 6.07) is 3.18. The molecule has 1 aliphatic carbocycles. The summed E-state index contributed by atoms with van der Waals surface area (Å²) < 4.78 is 10.3. The summed E-state index contributed by atoms with van der Waals surface area (Å²) in [4.78, 5) is 0. The van der Waals surface area contributed by atoms with E-state index in [1.165, 1.54) is 6.42 Å². The van der Waals surface area contributed by atoms with Gasteiger partial charge in [-0.25, -0.2) is 0 Å². The SMILES string of the molecule is COCc1cc(C[C@@H]2C[C@H](NC(C)C)C2(C)C)no1. The van der Waals surface area contributed by atoms with Crippen LogP contribution >= 0.6 is 0 Å². The van der Waals surface area contributed by atoms with Crippen molar-refractivity contribution in [1.82, 2.24) is 10.5 Å². The lowest BCUT2D eigenvalue weighted by atomic mass is 9.57. The van der Waals surface area contributed by atoms with E-state index in [9.17, 15) is 0 Å². The zero-order valence-corrected chi connectivity index (χ0v) is 12.7. The summed E-state index contributed by atoms with van der Waals surface area (Å²) in [6.07, 6.45) is 2.22. The first-order valence-electron chi connectivity index (χ1n) is 7.13. The Morgan fingerprint density at radius 3 is 2.84 bits per heavy atom. The molecule has 0 saturated heterocycles. The fourth-order valence-electron chi connectivity index (χ4n) is 2.96. The van der Waals surface area contributed by atoms with Crippen LogP contribution < -0.4 is 5.32 Å². The van der Waals surface area contributed by atoms with Gasteiger partial charge in [-0.1, -0.05) is 32.9 Å². The second-order valence-corrected chi connectivity index (χ2v) is 6.55. The Hall–Kier alpha value is -0.870. The normalized spacial score (nSPS) is 25.6. The average molecular weight is 266 g/mol. The second kappa shape index (κ2) is 5.63. The number of nitrogens with one attached hydrogen (secondary N) is 1. The summed E-state index contributed by atoms with van der Waals surface area (Å²) >= 11 is 0. The van der Waals surface area contributed by atoms with Crippen LogP contribution in [0.5, 0.6) is 0 Å². The number of methoxy groups -OCH3 is 1. The van der Waals surface area contributed by atoms with Crippen molar-refractivity contribution in [3.8, 4) is 0 Å². The smallest absolute Gasteiger partial charge is 0.162 e. The highest BCUT2D eigenvalue weighted by Crippen LogP contribution is 2.47. The number of hydrogen-bond donors (Lipinski definition) is 1. The molecule has 1 aliphatic rings. The first kappa shape index (κ1) is 14.5. The van der Waals surface area contributed by atoms with E-state index in [4.69, 9.17) is 9.26 Å². The van der Waals surface area contributed by atoms with Crippen LogP contribution in [0, 0.1) is 11.3 Å². The number of ether oxygens (including phenoxy) is 1. The van der Waals surface area contributed by atoms with Gasteiger partial charge >= 0.3 is 0 Å². The van der Waals surface area contributed by atoms with Crippen molar-refractivity contribution in [2.75, 3.05) is 7.11 Å². The van der Waals surface area contributed by atoms with E-state index in [2.05, 4.69) is 38.2 Å². The molecule has 0 aliphatic heterocycles. The number of hydrogen-bond acceptors (Lipinski definition) is 4. The van der Waals surface area contributed by atoms with Gasteiger partial charge in [0.05, 0.1) is 5.69 Å². The molecule has 19 heavy (non-hydrogen) atoms. The van der Waals surface area contributed by atoms with Gasteiger partial charge in [0.25, 0.3) is 0 Å². The largest absolute Gasteiger partial charge is 0.377 e. The second-order valence-electron chi connectivity index (χ2n) is 6.55. The standard InChI is InChI=1S/C15H26N2O2/c1-10(2)16-14-7-11(15(14,3)4)6-12-8-13(9-18-5)19-17-12/h8,10-11,14,16H,6-7,9H2,1-5H3/t11-,14+/m1/s1. The van der Waals surface area contributed by atoms with Gasteiger partial charge in [0.2, 0.25) is 0 Å². The molecule has 108 valence electrons. The van der Waals surface area contributed by atoms with Crippen LogP contribution in [0.2, 0.25) is 0 Å². The van der Waals surface area contributed by atoms with Gasteiger partial charge in [-0.2, -0.15) is 0 Å². The molecule has 0 unspecified atom stereocenters. The van der Waals surface area contributed by atoms with E-state index < -0.39 is 0 Å². The Kier molecular flexibility index (Phi) is 4.31. The Bertz CT molecular complexity index is 412. The van der Waals surface area contributed by atoms with Crippen LogP contribution in [0.4, 0.5) is 0 Å². The molecule has 4 nitrogen and oxygen atoms in total. The maximum Gasteiger partial charge on any atom is 0.162 e. The lowest BCUT2D eigenvalue weighted by Gasteiger charge is -2.53. The predicted molar refractivity (Wildman–Crippen MR) is 74.9 cm³/mol. The third kappa shape index (κ3) is 3.18. The number of nitrogens with zero attached hydrogens (tertiary/aromatic N) is 1. The fraction of sp³-hybridized carbons (Fsp3) is 0.800. The molecule has 0 spiro atoms. The molecule has 1 N–H and O–H groups in total. The maximum atomic E-state index is 5.24. The van der Waals surface area contributed by atoms with Gasteiger partial charge in [-0.05, 0) is 24.2 Å². The molecule has 1 heterocycles. The minimum absolute atomic E-state index is 0.324. The zero-order valence-electron chi connectivity index (χ0n) is 12.7. The van der Waals surface area contributed by atoms with Gasteiger partial charge in [0, 0.05) is 25.3 Å². The predicted octanol–water partition coefficient (Wildman–Crippen LogP) is 2.78. The summed E-state index contributed by atoms with van der Waals surface area (Å²) in [5.74, 6) is 1.48. The Labute approximate surface area is 115 Å². The van der Waals surface area contributed by atoms with Gasteiger partial charge < -0.3 is 14.6 Å². The maximum absolute atomic E-state index is 5.24. The molecule has 0 bridgehead atoms. The van der Waals surface area contributed by atoms with Gasteiger partial charge in [-0.3, -0.25) is 0 Å². The summed E-state index contributed by atoms with van der Waals surface area (Å²) in [7, 11) is 1.67. The van der Waals surface area contributed by atoms with Crippen LogP contribution in [-0.2, 0) is 17.8 Å². The van der Waals surface area contributed by atoms with Crippen LogP contribution in [0.3, 0.4) is 0 Å². The van der Waals surface area contributed by atoms with E-state index in [-0.39, 0.29) is 0 Å². The molecule has 1 aromatic rings. The first-order chi connectivity index (χ1) is 8.93. The topological polar surface area (TPSA) is 47.3 Å². The third-order valence-corrected chi connectivity index (χ3v) is 4.35. The highest BCUT2D eigenvalue weighted by Gasteiger charge is 2.47. The van der Waals surface area contributed by atoms with Crippen LogP contribution in [-0.4, -0.2) is 24.4 Å². The average Bonchev–Trinajstić information content (AvgIpc) is 2.75. The Morgan fingerprint density at radius 1 is 1.53 bits per heavy atom. The molecular formula is C15H26N2O2. The van der Waals surface area contributed by atoms with E-state index in [0.717, 1.165) is 17.9 Å². The fourth-order valence-corrected chi connectivity index (χ4v) is 2.96. The van der Waals surface area contributed by atoms with Crippen LogP contribution in [0.25, 0.3) is 0 Å². The van der Waals surface area contributed by atoms with Crippen LogP contribution in [0.1, 0.15) is 45.6 Å². The molecular weight excluding hydrogens is 240 g/mol. The molecule has 4 heteroatoms. The molecule has 2 atom stereocenters. The van der Waals surface area contributed by atoms with Crippen molar-refractivity contribution >= 4 is 0 Å². The molecule has 0 aromatic carbocycles. The molecule has 0 radical (unpaired) electrons. The minimum Gasteiger partial charge on any atom is -0.377 e. The third-order valence-electron chi connectivity index (χ3n) is 4.35. The van der Waals surface area contributed by atoms with E-state index in [1.54, 1.807) is 7.11 Å². The van der Waals surface area contributed by atoms with E-state index in [0.29, 0.717) is 30.0 Å². The van der Waals surface area contributed by atoms with Crippen molar-refractivity contribution in [1.29, 1.82) is 0 Å². The number of rotatable bonds is 6. The van der Waals surface area contributed by atoms with Gasteiger partial charge in [0.1, 0.15) is 6.61 Å². The van der Waals surface area contributed by atoms with Crippen molar-refractivity contribution in [3.05, 3.63) is 17.5 Å². The summed E-state index contributed by atoms with van der Waals surface area (Å²) in [5.41, 5.74) is 1.37. The summed E-state index contributed by atoms with van der Waals surface area (Å²) in [6.45, 7) is 9.60. The highest BCUT2D eigenvalue weighted by molar-refractivity contribution is 5.11. The highest BCUT2D eigenvalue weighted by atomic mass is 16.5. The van der Waals surface area contributed by atoms with E-state index >= 15 is 0 Å². The molecule has 0 amide bonds. The molecule has 1 saturated carbocycles.